The molecule has 5 N–H and O–H groups in total. The number of para-hydroxylation sites is 1. The second kappa shape index (κ2) is 11.9. The predicted octanol–water partition coefficient (Wildman–Crippen LogP) is 3.60. The summed E-state index contributed by atoms with van der Waals surface area (Å²) in [6.07, 6.45) is -1.02. The van der Waals surface area contributed by atoms with Gasteiger partial charge in [-0.2, -0.15) is 0 Å². The lowest BCUT2D eigenvalue weighted by Crippen LogP contribution is -2.42. The molecule has 2 atom stereocenters. The van der Waals surface area contributed by atoms with Gasteiger partial charge in [0.1, 0.15) is 16.7 Å². The molecule has 0 aliphatic rings. The number of aliphatic imine (C=N–C) groups is 1. The summed E-state index contributed by atoms with van der Waals surface area (Å²) in [5.74, 6) is -0.246. The summed E-state index contributed by atoms with van der Waals surface area (Å²) in [5.41, 5.74) is 6.79. The monoisotopic (exact) mass is 547 g/mol. The number of ether oxygens (including phenoxy) is 1. The first-order chi connectivity index (χ1) is 17.3. The van der Waals surface area contributed by atoms with Gasteiger partial charge in [0, 0.05) is 6.54 Å². The van der Waals surface area contributed by atoms with E-state index in [2.05, 4.69) is 20.0 Å². The Morgan fingerprint density at radius 2 is 1.86 bits per heavy atom. The number of nitrogens with zero attached hydrogens (tertiary/aromatic N) is 2. The van der Waals surface area contributed by atoms with Gasteiger partial charge in [0.15, 0.2) is 0 Å². The van der Waals surface area contributed by atoms with Crippen molar-refractivity contribution in [1.29, 1.82) is 0 Å². The number of aryl methyl sites for hydroxylation is 1. The van der Waals surface area contributed by atoms with Gasteiger partial charge in [-0.3, -0.25) is 4.99 Å². The fraction of sp³-hybridized carbons (Fsp3) is 0.400. The van der Waals surface area contributed by atoms with Crippen LogP contribution in [-0.2, 0) is 14.8 Å². The molecule has 200 valence electrons. The molecule has 1 heterocycles. The predicted molar refractivity (Wildman–Crippen MR) is 145 cm³/mol. The van der Waals surface area contributed by atoms with Gasteiger partial charge < -0.3 is 20.9 Å². The van der Waals surface area contributed by atoms with Crippen LogP contribution in [0.25, 0.3) is 10.2 Å². The number of hydrogen-bond donors (Lipinski definition) is 4. The molecule has 1 aromatic heterocycles. The number of alkyl carbamates (subject to hydrolysis) is 1. The zero-order valence-electron chi connectivity index (χ0n) is 21.3. The minimum absolute atomic E-state index is 0.0804. The van der Waals surface area contributed by atoms with Crippen LogP contribution in [0.4, 0.5) is 4.79 Å². The fourth-order valence-electron chi connectivity index (χ4n) is 3.41. The Morgan fingerprint density at radius 3 is 2.51 bits per heavy atom. The first-order valence-electron chi connectivity index (χ1n) is 11.8. The molecule has 10 nitrogen and oxygen atoms in total. The number of carbonyl (C=O) groups excluding carboxylic acids is 1. The van der Waals surface area contributed by atoms with Gasteiger partial charge >= 0.3 is 6.09 Å². The number of carbonyl (C=O) groups is 1. The number of nitrogens with one attached hydrogen (secondary N) is 2. The van der Waals surface area contributed by atoms with Crippen LogP contribution in [0.3, 0.4) is 0 Å². The minimum Gasteiger partial charge on any atom is -0.444 e. The lowest BCUT2D eigenvalue weighted by molar-refractivity contribution is 0.0412. The van der Waals surface area contributed by atoms with E-state index in [1.807, 2.05) is 31.2 Å². The van der Waals surface area contributed by atoms with Gasteiger partial charge in [-0.15, -0.1) is 11.3 Å². The van der Waals surface area contributed by atoms with Crippen LogP contribution >= 0.6 is 11.3 Å². The highest BCUT2D eigenvalue weighted by Gasteiger charge is 2.27. The van der Waals surface area contributed by atoms with Gasteiger partial charge in [0.2, 0.25) is 5.96 Å². The van der Waals surface area contributed by atoms with E-state index in [-0.39, 0.29) is 17.4 Å². The highest BCUT2D eigenvalue weighted by atomic mass is 32.2. The van der Waals surface area contributed by atoms with Gasteiger partial charge in [0.05, 0.1) is 21.2 Å². The van der Waals surface area contributed by atoms with Crippen molar-refractivity contribution in [3.05, 3.63) is 59.1 Å². The summed E-state index contributed by atoms with van der Waals surface area (Å²) >= 11 is 1.35. The number of amides is 1. The molecule has 3 rings (SSSR count). The van der Waals surface area contributed by atoms with E-state index in [4.69, 9.17) is 10.5 Å². The van der Waals surface area contributed by atoms with E-state index in [0.717, 1.165) is 15.8 Å². The van der Waals surface area contributed by atoms with Crippen LogP contribution in [0.2, 0.25) is 0 Å². The van der Waals surface area contributed by atoms with E-state index in [1.165, 1.54) is 23.5 Å². The third kappa shape index (κ3) is 8.41. The standard InChI is InChI=1S/C25H33N5O5S2/c1-16-11-13-17(14-12-16)37(33,34)30-23(26)27-15-7-9-19(29-24(32)35-25(2,3)4)21(31)22-28-18-8-5-6-10-20(18)36-22/h5-6,8,10-14,19,21,31H,7,9,15H2,1-4H3,(H,29,32)(H3,26,27,30)/t19-,21?/m0/s1. The maximum atomic E-state index is 12.5. The van der Waals surface area contributed by atoms with Crippen molar-refractivity contribution < 1.29 is 23.1 Å². The number of fused-ring (bicyclic) bond motifs is 1. The van der Waals surface area contributed by atoms with Crippen molar-refractivity contribution in [3.63, 3.8) is 0 Å². The molecule has 0 aliphatic carbocycles. The van der Waals surface area contributed by atoms with Gasteiger partial charge in [-0.1, -0.05) is 29.8 Å². The zero-order valence-corrected chi connectivity index (χ0v) is 22.9. The summed E-state index contributed by atoms with van der Waals surface area (Å²) in [6, 6.07) is 13.2. The number of aliphatic hydroxyl groups excluding tert-OH is 1. The molecule has 1 unspecified atom stereocenters. The molecule has 37 heavy (non-hydrogen) atoms. The molecule has 1 amide bonds. The molecule has 0 saturated heterocycles. The van der Waals surface area contributed by atoms with Gasteiger partial charge in [-0.05, 0) is 64.8 Å². The van der Waals surface area contributed by atoms with Crippen LogP contribution in [0, 0.1) is 6.92 Å². The molecule has 3 aromatic rings. The van der Waals surface area contributed by atoms with E-state index < -0.39 is 33.9 Å². The fourth-order valence-corrected chi connectivity index (χ4v) is 5.38. The number of sulfonamides is 1. The van der Waals surface area contributed by atoms with Gasteiger partial charge in [-0.25, -0.2) is 22.9 Å². The zero-order chi connectivity index (χ0) is 27.2. The Bertz CT molecular complexity index is 1310. The van der Waals surface area contributed by atoms with Crippen molar-refractivity contribution in [3.8, 4) is 0 Å². The first kappa shape index (κ1) is 28.4. The van der Waals surface area contributed by atoms with Crippen LogP contribution in [0.5, 0.6) is 0 Å². The molecular weight excluding hydrogens is 514 g/mol. The first-order valence-corrected chi connectivity index (χ1v) is 14.1. The van der Waals surface area contributed by atoms with Crippen LogP contribution in [-0.4, -0.2) is 48.7 Å². The number of aromatic nitrogens is 1. The number of guanidine groups is 1. The van der Waals surface area contributed by atoms with Crippen molar-refractivity contribution in [2.75, 3.05) is 6.54 Å². The lowest BCUT2D eigenvalue weighted by Gasteiger charge is -2.25. The van der Waals surface area contributed by atoms with Crippen LogP contribution in [0.1, 0.15) is 50.3 Å². The molecule has 0 spiro atoms. The quantitative estimate of drug-likeness (QED) is 0.181. The second-order valence-electron chi connectivity index (χ2n) is 9.55. The van der Waals surface area contributed by atoms with Crippen molar-refractivity contribution in [2.24, 2.45) is 10.7 Å². The van der Waals surface area contributed by atoms with E-state index in [9.17, 15) is 18.3 Å². The van der Waals surface area contributed by atoms with Crippen LogP contribution < -0.4 is 15.8 Å². The number of nitrogens with two attached hydrogens (primary N) is 1. The number of thiazole rings is 1. The maximum Gasteiger partial charge on any atom is 0.407 e. The summed E-state index contributed by atoms with van der Waals surface area (Å²) in [4.78, 5) is 21.1. The van der Waals surface area contributed by atoms with Crippen molar-refractivity contribution in [2.45, 2.75) is 63.2 Å². The largest absolute Gasteiger partial charge is 0.444 e. The molecule has 0 fully saturated rings. The Labute approximate surface area is 221 Å². The number of hydrogen-bond acceptors (Lipinski definition) is 8. The third-order valence-corrected chi connectivity index (χ3v) is 7.65. The molecule has 2 aromatic carbocycles. The Kier molecular flexibility index (Phi) is 9.11. The number of benzene rings is 2. The van der Waals surface area contributed by atoms with E-state index in [1.54, 1.807) is 32.9 Å². The second-order valence-corrected chi connectivity index (χ2v) is 12.3. The average Bonchev–Trinajstić information content (AvgIpc) is 3.23. The summed E-state index contributed by atoms with van der Waals surface area (Å²) in [7, 11) is -3.85. The summed E-state index contributed by atoms with van der Waals surface area (Å²) in [6.45, 7) is 7.28. The normalized spacial score (nSPS) is 14.2. The molecule has 0 bridgehead atoms. The van der Waals surface area contributed by atoms with Gasteiger partial charge in [0.25, 0.3) is 10.0 Å². The summed E-state index contributed by atoms with van der Waals surface area (Å²) < 4.78 is 33.5. The van der Waals surface area contributed by atoms with Crippen molar-refractivity contribution >= 4 is 43.6 Å². The highest BCUT2D eigenvalue weighted by molar-refractivity contribution is 7.90. The SMILES string of the molecule is Cc1ccc(S(=O)(=O)NC(N)=NCCC[C@H](NC(=O)OC(C)(C)C)C(O)c2nc3ccccc3s2)cc1. The Morgan fingerprint density at radius 1 is 1.19 bits per heavy atom. The molecule has 0 radical (unpaired) electrons. The Hall–Kier alpha value is -3.22. The average molecular weight is 548 g/mol. The molecule has 12 heteroatoms. The van der Waals surface area contributed by atoms with E-state index >= 15 is 0 Å². The minimum atomic E-state index is -3.85. The number of aliphatic hydroxyl groups is 1. The van der Waals surface area contributed by atoms with E-state index in [0.29, 0.717) is 17.8 Å². The topological polar surface area (TPSA) is 156 Å². The Balaban J connectivity index is 1.65. The maximum absolute atomic E-state index is 12.5. The smallest absolute Gasteiger partial charge is 0.407 e. The molecule has 0 aliphatic heterocycles. The highest BCUT2D eigenvalue weighted by Crippen LogP contribution is 2.29. The molecular formula is C25H33N5O5S2. The van der Waals surface area contributed by atoms with Crippen molar-refractivity contribution in [1.82, 2.24) is 15.0 Å². The lowest BCUT2D eigenvalue weighted by atomic mass is 10.1. The summed E-state index contributed by atoms with van der Waals surface area (Å²) in [5, 5.41) is 14.3. The van der Waals surface area contributed by atoms with Crippen LogP contribution in [0.15, 0.2) is 58.4 Å². The third-order valence-electron chi connectivity index (χ3n) is 5.17. The molecule has 0 saturated carbocycles. The number of rotatable bonds is 9.